The number of anilines is 3. The van der Waals surface area contributed by atoms with Gasteiger partial charge in [-0.15, -0.1) is 0 Å². The number of nitrogens with two attached hydrogens (primary N) is 1. The van der Waals surface area contributed by atoms with E-state index in [-0.39, 0.29) is 5.91 Å². The van der Waals surface area contributed by atoms with Crippen molar-refractivity contribution in [2.24, 2.45) is 0 Å². The molecule has 2 aromatic rings. The van der Waals surface area contributed by atoms with Crippen LogP contribution in [0.1, 0.15) is 10.4 Å². The molecule has 0 bridgehead atoms. The summed E-state index contributed by atoms with van der Waals surface area (Å²) in [5.41, 5.74) is 8.50. The highest BCUT2D eigenvalue weighted by molar-refractivity contribution is 6.06. The van der Waals surface area contributed by atoms with Gasteiger partial charge in [-0.2, -0.15) is 0 Å². The number of amides is 1. The summed E-state index contributed by atoms with van der Waals surface area (Å²) in [6.07, 6.45) is 0. The molecule has 0 unspecified atom stereocenters. The van der Waals surface area contributed by atoms with Crippen molar-refractivity contribution in [1.29, 1.82) is 0 Å². The van der Waals surface area contributed by atoms with E-state index in [2.05, 4.69) is 5.32 Å². The molecule has 0 aliphatic rings. The third-order valence-electron chi connectivity index (χ3n) is 3.15. The first kappa shape index (κ1) is 14.7. The Bertz CT molecular complexity index is 636. The Morgan fingerprint density at radius 2 is 1.81 bits per heavy atom. The Morgan fingerprint density at radius 1 is 1.14 bits per heavy atom. The number of benzene rings is 2. The number of ether oxygens (including phenoxy) is 1. The highest BCUT2D eigenvalue weighted by atomic mass is 16.5. The van der Waals surface area contributed by atoms with E-state index in [9.17, 15) is 4.79 Å². The molecule has 3 N–H and O–H groups in total. The minimum absolute atomic E-state index is 0.208. The Labute approximate surface area is 124 Å². The van der Waals surface area contributed by atoms with Gasteiger partial charge in [-0.25, -0.2) is 0 Å². The van der Waals surface area contributed by atoms with Crippen molar-refractivity contribution in [1.82, 2.24) is 0 Å². The maximum atomic E-state index is 12.2. The summed E-state index contributed by atoms with van der Waals surface area (Å²) < 4.78 is 5.13. The fraction of sp³-hybridized carbons (Fsp3) is 0.188. The number of nitrogen functional groups attached to an aromatic ring is 1. The number of methoxy groups -OCH3 is 1. The topological polar surface area (TPSA) is 67.6 Å². The maximum absolute atomic E-state index is 12.2. The molecule has 0 fully saturated rings. The molecule has 0 saturated carbocycles. The number of carbonyl (C=O) groups is 1. The fourth-order valence-corrected chi connectivity index (χ4v) is 1.88. The number of nitrogens with zero attached hydrogens (tertiary/aromatic N) is 1. The number of carbonyl (C=O) groups excluding carboxylic acids is 1. The van der Waals surface area contributed by atoms with E-state index >= 15 is 0 Å². The molecule has 0 spiro atoms. The van der Waals surface area contributed by atoms with E-state index in [0.717, 1.165) is 5.69 Å². The second-order valence-corrected chi connectivity index (χ2v) is 4.85. The van der Waals surface area contributed by atoms with Gasteiger partial charge in [-0.05, 0) is 36.4 Å². The monoisotopic (exact) mass is 285 g/mol. The summed E-state index contributed by atoms with van der Waals surface area (Å²) in [7, 11) is 5.47. The molecule has 0 radical (unpaired) electrons. The Kier molecular flexibility index (Phi) is 4.33. The molecule has 5 nitrogen and oxygen atoms in total. The average Bonchev–Trinajstić information content (AvgIpc) is 2.49. The van der Waals surface area contributed by atoms with Crippen molar-refractivity contribution in [2.45, 2.75) is 0 Å². The molecule has 5 heteroatoms. The lowest BCUT2D eigenvalue weighted by Gasteiger charge is -2.13. The predicted octanol–water partition coefficient (Wildman–Crippen LogP) is 2.60. The Morgan fingerprint density at radius 3 is 2.38 bits per heavy atom. The molecule has 0 heterocycles. The van der Waals surface area contributed by atoms with Crippen molar-refractivity contribution < 1.29 is 9.53 Å². The van der Waals surface area contributed by atoms with Crippen molar-refractivity contribution in [2.75, 3.05) is 37.2 Å². The van der Waals surface area contributed by atoms with Gasteiger partial charge < -0.3 is 20.7 Å². The van der Waals surface area contributed by atoms with E-state index in [1.807, 2.05) is 31.1 Å². The van der Waals surface area contributed by atoms with Crippen LogP contribution in [0.15, 0.2) is 42.5 Å². The zero-order valence-electron chi connectivity index (χ0n) is 12.4. The van der Waals surface area contributed by atoms with Crippen molar-refractivity contribution >= 4 is 23.0 Å². The smallest absolute Gasteiger partial charge is 0.255 e. The first-order valence-corrected chi connectivity index (χ1v) is 6.53. The molecular weight excluding hydrogens is 266 g/mol. The normalized spacial score (nSPS) is 10.0. The molecule has 1 amide bonds. The second kappa shape index (κ2) is 6.17. The van der Waals surface area contributed by atoms with Crippen molar-refractivity contribution in [3.8, 4) is 5.75 Å². The lowest BCUT2D eigenvalue weighted by Crippen LogP contribution is -2.14. The van der Waals surface area contributed by atoms with Gasteiger partial charge in [-0.1, -0.05) is 0 Å². The summed E-state index contributed by atoms with van der Waals surface area (Å²) >= 11 is 0. The van der Waals surface area contributed by atoms with Crippen LogP contribution in [0.25, 0.3) is 0 Å². The standard InChI is InChI=1S/C16H19N3O2/c1-19(2)12-6-4-11(5-7-12)16(20)18-15-10-13(21-3)8-9-14(15)17/h4-10H,17H2,1-3H3,(H,18,20). The molecule has 0 aliphatic carbocycles. The molecule has 0 aromatic heterocycles. The summed E-state index contributed by atoms with van der Waals surface area (Å²) in [6, 6.07) is 12.5. The number of hydrogen-bond acceptors (Lipinski definition) is 4. The van der Waals surface area contributed by atoms with Crippen LogP contribution in [0.4, 0.5) is 17.1 Å². The molecule has 21 heavy (non-hydrogen) atoms. The number of hydrogen-bond donors (Lipinski definition) is 2. The lowest BCUT2D eigenvalue weighted by atomic mass is 10.1. The zero-order chi connectivity index (χ0) is 15.4. The first-order valence-electron chi connectivity index (χ1n) is 6.53. The SMILES string of the molecule is COc1ccc(N)c(NC(=O)c2ccc(N(C)C)cc2)c1. The van der Waals surface area contributed by atoms with Gasteiger partial charge in [0.2, 0.25) is 0 Å². The average molecular weight is 285 g/mol. The molecule has 0 aliphatic heterocycles. The Balaban J connectivity index is 2.17. The van der Waals surface area contributed by atoms with Gasteiger partial charge in [-0.3, -0.25) is 4.79 Å². The van der Waals surface area contributed by atoms with E-state index in [1.165, 1.54) is 0 Å². The van der Waals surface area contributed by atoms with Crippen LogP contribution in [0.3, 0.4) is 0 Å². The van der Waals surface area contributed by atoms with Gasteiger partial charge in [0, 0.05) is 31.4 Å². The molecule has 0 atom stereocenters. The van der Waals surface area contributed by atoms with Gasteiger partial charge in [0.25, 0.3) is 5.91 Å². The molecule has 0 saturated heterocycles. The van der Waals surface area contributed by atoms with E-state index in [4.69, 9.17) is 10.5 Å². The molecule has 110 valence electrons. The summed E-state index contributed by atoms with van der Waals surface area (Å²) in [4.78, 5) is 14.2. The van der Waals surface area contributed by atoms with Gasteiger partial charge >= 0.3 is 0 Å². The lowest BCUT2D eigenvalue weighted by molar-refractivity contribution is 0.102. The van der Waals surface area contributed by atoms with Crippen molar-refractivity contribution in [3.63, 3.8) is 0 Å². The van der Waals surface area contributed by atoms with Crippen LogP contribution in [0.2, 0.25) is 0 Å². The zero-order valence-corrected chi connectivity index (χ0v) is 12.4. The molecule has 2 aromatic carbocycles. The van der Waals surface area contributed by atoms with Crippen LogP contribution >= 0.6 is 0 Å². The third kappa shape index (κ3) is 3.45. The third-order valence-corrected chi connectivity index (χ3v) is 3.15. The van der Waals surface area contributed by atoms with Crippen LogP contribution in [-0.4, -0.2) is 27.1 Å². The van der Waals surface area contributed by atoms with Crippen molar-refractivity contribution in [3.05, 3.63) is 48.0 Å². The van der Waals surface area contributed by atoms with Crippen LogP contribution in [-0.2, 0) is 0 Å². The van der Waals surface area contributed by atoms with E-state index in [1.54, 1.807) is 37.4 Å². The largest absolute Gasteiger partial charge is 0.497 e. The molecule has 2 rings (SSSR count). The van der Waals surface area contributed by atoms with E-state index < -0.39 is 0 Å². The highest BCUT2D eigenvalue weighted by Crippen LogP contribution is 2.25. The van der Waals surface area contributed by atoms with Gasteiger partial charge in [0.1, 0.15) is 5.75 Å². The maximum Gasteiger partial charge on any atom is 0.255 e. The van der Waals surface area contributed by atoms with E-state index in [0.29, 0.717) is 22.7 Å². The summed E-state index contributed by atoms with van der Waals surface area (Å²) in [5, 5.41) is 2.79. The van der Waals surface area contributed by atoms with Crippen LogP contribution in [0, 0.1) is 0 Å². The van der Waals surface area contributed by atoms with Crippen LogP contribution < -0.4 is 20.7 Å². The quantitative estimate of drug-likeness (QED) is 0.847. The van der Waals surface area contributed by atoms with Gasteiger partial charge in [0.15, 0.2) is 0 Å². The minimum atomic E-state index is -0.208. The first-order chi connectivity index (χ1) is 10.0. The second-order valence-electron chi connectivity index (χ2n) is 4.85. The summed E-state index contributed by atoms with van der Waals surface area (Å²) in [6.45, 7) is 0. The predicted molar refractivity (Wildman–Crippen MR) is 86.1 cm³/mol. The Hall–Kier alpha value is -2.69. The van der Waals surface area contributed by atoms with Gasteiger partial charge in [0.05, 0.1) is 18.5 Å². The summed E-state index contributed by atoms with van der Waals surface area (Å²) in [5.74, 6) is 0.433. The highest BCUT2D eigenvalue weighted by Gasteiger charge is 2.09. The number of nitrogens with one attached hydrogen (secondary N) is 1. The molecular formula is C16H19N3O2. The number of rotatable bonds is 4. The fourth-order valence-electron chi connectivity index (χ4n) is 1.88. The van der Waals surface area contributed by atoms with Crippen LogP contribution in [0.5, 0.6) is 5.75 Å². The minimum Gasteiger partial charge on any atom is -0.497 e.